The fraction of sp³-hybridized carbons (Fsp3) is 0.423. The molecule has 1 aromatic heterocycles. The van der Waals surface area contributed by atoms with Gasteiger partial charge in [-0.1, -0.05) is 41.6 Å². The highest BCUT2D eigenvalue weighted by atomic mass is 32.2. The Morgan fingerprint density at radius 1 is 1.18 bits per heavy atom. The van der Waals surface area contributed by atoms with Gasteiger partial charge in [0.05, 0.1) is 25.3 Å². The first-order valence-corrected chi connectivity index (χ1v) is 12.9. The van der Waals surface area contributed by atoms with Crippen LogP contribution in [0.5, 0.6) is 5.75 Å². The van der Waals surface area contributed by atoms with Gasteiger partial charge >= 0.3 is 0 Å². The second kappa shape index (κ2) is 10.6. The third-order valence-electron chi connectivity index (χ3n) is 6.97. The Balaban J connectivity index is 1.13. The first kappa shape index (κ1) is 22.9. The highest BCUT2D eigenvalue weighted by Crippen LogP contribution is 2.37. The van der Waals surface area contributed by atoms with E-state index in [1.54, 1.807) is 18.9 Å². The summed E-state index contributed by atoms with van der Waals surface area (Å²) in [6, 6.07) is 18.6. The SMILES string of the molecule is COc1ccccc1CNC(=O)[C@@H]1CN2CC[C@@H]1C[C@@H]2Cn1cc(CSc2ccccc2)nn1. The number of amides is 1. The van der Waals surface area contributed by atoms with Gasteiger partial charge in [0.1, 0.15) is 5.75 Å². The van der Waals surface area contributed by atoms with Crippen LogP contribution in [0, 0.1) is 11.8 Å². The molecule has 0 radical (unpaired) electrons. The number of para-hydroxylation sites is 1. The van der Waals surface area contributed by atoms with E-state index in [1.807, 2.05) is 35.0 Å². The lowest BCUT2D eigenvalue weighted by Crippen LogP contribution is -2.58. The van der Waals surface area contributed by atoms with Crippen LogP contribution in [-0.4, -0.2) is 52.0 Å². The van der Waals surface area contributed by atoms with Gasteiger partial charge < -0.3 is 10.1 Å². The van der Waals surface area contributed by atoms with E-state index in [4.69, 9.17) is 4.74 Å². The summed E-state index contributed by atoms with van der Waals surface area (Å²) in [5.74, 6) is 2.25. The van der Waals surface area contributed by atoms with Crippen molar-refractivity contribution in [2.75, 3.05) is 20.2 Å². The van der Waals surface area contributed by atoms with Crippen LogP contribution in [0.1, 0.15) is 24.1 Å². The van der Waals surface area contributed by atoms with E-state index in [0.717, 1.165) is 55.2 Å². The van der Waals surface area contributed by atoms with Gasteiger partial charge in [-0.15, -0.1) is 16.9 Å². The second-order valence-electron chi connectivity index (χ2n) is 9.10. The van der Waals surface area contributed by atoms with Crippen LogP contribution in [-0.2, 0) is 23.6 Å². The van der Waals surface area contributed by atoms with Crippen LogP contribution >= 0.6 is 11.8 Å². The van der Waals surface area contributed by atoms with E-state index in [9.17, 15) is 4.79 Å². The molecule has 2 aromatic carbocycles. The summed E-state index contributed by atoms with van der Waals surface area (Å²) in [5.41, 5.74) is 2.00. The van der Waals surface area contributed by atoms with Crippen molar-refractivity contribution in [1.29, 1.82) is 0 Å². The lowest BCUT2D eigenvalue weighted by Gasteiger charge is -2.49. The number of carbonyl (C=O) groups is 1. The van der Waals surface area contributed by atoms with Crippen LogP contribution in [0.3, 0.4) is 0 Å². The highest BCUT2D eigenvalue weighted by molar-refractivity contribution is 7.98. The quantitative estimate of drug-likeness (QED) is 0.475. The second-order valence-corrected chi connectivity index (χ2v) is 10.2. The smallest absolute Gasteiger partial charge is 0.224 e. The molecule has 1 unspecified atom stereocenters. The summed E-state index contributed by atoms with van der Waals surface area (Å²) in [6.07, 6.45) is 4.18. The Morgan fingerprint density at radius 2 is 2.00 bits per heavy atom. The zero-order valence-electron chi connectivity index (χ0n) is 19.5. The Labute approximate surface area is 204 Å². The Kier molecular flexibility index (Phi) is 7.16. The van der Waals surface area contributed by atoms with Gasteiger partial charge in [0.2, 0.25) is 5.91 Å². The Bertz CT molecular complexity index is 1110. The number of benzene rings is 2. The minimum atomic E-state index is 0.0493. The summed E-state index contributed by atoms with van der Waals surface area (Å²) < 4.78 is 7.38. The molecule has 6 rings (SSSR count). The van der Waals surface area contributed by atoms with E-state index in [1.165, 1.54) is 4.90 Å². The molecule has 3 aromatic rings. The molecular formula is C26H31N5O2S. The monoisotopic (exact) mass is 477 g/mol. The summed E-state index contributed by atoms with van der Waals surface area (Å²) >= 11 is 1.78. The number of thioether (sulfide) groups is 1. The van der Waals surface area contributed by atoms with E-state index < -0.39 is 0 Å². The predicted molar refractivity (Wildman–Crippen MR) is 132 cm³/mol. The van der Waals surface area contributed by atoms with E-state index in [0.29, 0.717) is 18.5 Å². The minimum absolute atomic E-state index is 0.0493. The predicted octanol–water partition coefficient (Wildman–Crippen LogP) is 3.61. The number of piperidine rings is 3. The molecule has 7 nitrogen and oxygen atoms in total. The molecule has 4 atom stereocenters. The van der Waals surface area contributed by atoms with Gasteiger partial charge in [-0.2, -0.15) is 0 Å². The van der Waals surface area contributed by atoms with Gasteiger partial charge in [0, 0.05) is 41.5 Å². The molecule has 0 saturated carbocycles. The molecule has 0 aliphatic carbocycles. The number of ether oxygens (including phenoxy) is 1. The van der Waals surface area contributed by atoms with Crippen molar-refractivity contribution < 1.29 is 9.53 Å². The van der Waals surface area contributed by atoms with Gasteiger partial charge in [0.25, 0.3) is 0 Å². The summed E-state index contributed by atoms with van der Waals surface area (Å²) in [6.45, 7) is 3.20. The average Bonchev–Trinajstić information content (AvgIpc) is 3.34. The largest absolute Gasteiger partial charge is 0.496 e. The number of fused-ring (bicyclic) bond motifs is 3. The minimum Gasteiger partial charge on any atom is -0.496 e. The van der Waals surface area contributed by atoms with Crippen LogP contribution in [0.25, 0.3) is 0 Å². The van der Waals surface area contributed by atoms with Gasteiger partial charge in [-0.05, 0) is 43.5 Å². The lowest BCUT2D eigenvalue weighted by atomic mass is 9.75. The van der Waals surface area contributed by atoms with Crippen LogP contribution in [0.15, 0.2) is 65.7 Å². The van der Waals surface area contributed by atoms with Crippen LogP contribution in [0.2, 0.25) is 0 Å². The first-order chi connectivity index (χ1) is 16.7. The average molecular weight is 478 g/mol. The summed E-state index contributed by atoms with van der Waals surface area (Å²) in [4.78, 5) is 16.7. The van der Waals surface area contributed by atoms with Gasteiger partial charge in [-0.3, -0.25) is 14.4 Å². The van der Waals surface area contributed by atoms with Crippen molar-refractivity contribution in [3.05, 3.63) is 72.1 Å². The van der Waals surface area contributed by atoms with Crippen molar-refractivity contribution in [2.45, 2.75) is 42.6 Å². The molecule has 3 saturated heterocycles. The maximum atomic E-state index is 13.0. The molecular weight excluding hydrogens is 446 g/mol. The Hall–Kier alpha value is -2.84. The maximum absolute atomic E-state index is 13.0. The number of nitrogens with one attached hydrogen (secondary N) is 1. The van der Waals surface area contributed by atoms with Crippen molar-refractivity contribution in [3.63, 3.8) is 0 Å². The third-order valence-corrected chi connectivity index (χ3v) is 8.02. The number of methoxy groups -OCH3 is 1. The number of hydrogen-bond acceptors (Lipinski definition) is 6. The molecule has 8 heteroatoms. The third kappa shape index (κ3) is 5.28. The molecule has 3 aliphatic rings. The van der Waals surface area contributed by atoms with E-state index in [2.05, 4.69) is 51.0 Å². The number of hydrogen-bond donors (Lipinski definition) is 1. The van der Waals surface area contributed by atoms with Crippen molar-refractivity contribution in [1.82, 2.24) is 25.2 Å². The molecule has 3 fully saturated rings. The van der Waals surface area contributed by atoms with Crippen LogP contribution in [0.4, 0.5) is 0 Å². The highest BCUT2D eigenvalue weighted by Gasteiger charge is 2.43. The van der Waals surface area contributed by atoms with E-state index >= 15 is 0 Å². The summed E-state index contributed by atoms with van der Waals surface area (Å²) in [7, 11) is 1.66. The standard InChI is InChI=1S/C26H31N5O2S/c1-33-25-10-6-5-7-20(25)14-27-26(32)24-17-30-12-11-19(24)13-22(30)16-31-15-21(28-29-31)18-34-23-8-3-2-4-9-23/h2-10,15,19,22,24H,11-14,16-18H2,1H3,(H,27,32)/t19-,22-,24-/m1/s1. The van der Waals surface area contributed by atoms with Crippen molar-refractivity contribution >= 4 is 17.7 Å². The van der Waals surface area contributed by atoms with Crippen LogP contribution < -0.4 is 10.1 Å². The van der Waals surface area contributed by atoms with Crippen molar-refractivity contribution in [2.24, 2.45) is 11.8 Å². The molecule has 178 valence electrons. The first-order valence-electron chi connectivity index (χ1n) is 11.9. The zero-order valence-corrected chi connectivity index (χ0v) is 20.3. The lowest BCUT2D eigenvalue weighted by molar-refractivity contribution is -0.133. The maximum Gasteiger partial charge on any atom is 0.224 e. The van der Waals surface area contributed by atoms with E-state index in [-0.39, 0.29) is 11.8 Å². The molecule has 2 bridgehead atoms. The number of aromatic nitrogens is 3. The molecule has 3 aliphatic heterocycles. The number of nitrogens with zero attached hydrogens (tertiary/aromatic N) is 4. The molecule has 0 spiro atoms. The molecule has 1 N–H and O–H groups in total. The number of rotatable bonds is 9. The molecule has 34 heavy (non-hydrogen) atoms. The zero-order chi connectivity index (χ0) is 23.3. The number of carbonyl (C=O) groups excluding carboxylic acids is 1. The van der Waals surface area contributed by atoms with Gasteiger partial charge in [-0.25, -0.2) is 0 Å². The Morgan fingerprint density at radius 3 is 2.79 bits per heavy atom. The fourth-order valence-electron chi connectivity index (χ4n) is 5.17. The normalized spacial score (nSPS) is 23.6. The topological polar surface area (TPSA) is 72.3 Å². The summed E-state index contributed by atoms with van der Waals surface area (Å²) in [5, 5.41) is 11.9. The van der Waals surface area contributed by atoms with Crippen molar-refractivity contribution in [3.8, 4) is 5.75 Å². The van der Waals surface area contributed by atoms with Gasteiger partial charge in [0.15, 0.2) is 0 Å². The fourth-order valence-corrected chi connectivity index (χ4v) is 5.97. The molecule has 1 amide bonds. The molecule has 4 heterocycles.